The Labute approximate surface area is 360 Å². The maximum atomic E-state index is 13.7. The van der Waals surface area contributed by atoms with Crippen LogP contribution in [0.5, 0.6) is 5.75 Å². The number of piperidine rings is 2. The van der Waals surface area contributed by atoms with Gasteiger partial charge in [0.2, 0.25) is 5.91 Å². The molecule has 4 saturated heterocycles. The molecule has 0 spiro atoms. The number of amides is 4. The van der Waals surface area contributed by atoms with Crippen LogP contribution >= 0.6 is 0 Å². The van der Waals surface area contributed by atoms with Crippen molar-refractivity contribution >= 4 is 46.1 Å². The number of nitrogen functional groups attached to an aromatic ring is 1. The molecule has 1 saturated carbocycles. The summed E-state index contributed by atoms with van der Waals surface area (Å²) < 4.78 is 8.69. The number of urea groups is 1. The van der Waals surface area contributed by atoms with Gasteiger partial charge in [0.1, 0.15) is 17.5 Å². The van der Waals surface area contributed by atoms with E-state index in [9.17, 15) is 19.5 Å². The molecular weight excluding hydrogens is 785 g/mol. The molecule has 7 heterocycles. The molecule has 1 aliphatic carbocycles. The summed E-state index contributed by atoms with van der Waals surface area (Å²) in [5, 5.41) is 22.5. The van der Waals surface area contributed by atoms with Crippen LogP contribution in [0.4, 0.5) is 22.0 Å². The van der Waals surface area contributed by atoms with Gasteiger partial charge < -0.3 is 34.8 Å². The number of carbonyl (C=O) groups excluding carboxylic acids is 3. The molecule has 0 unspecified atom stereocenters. The maximum Gasteiger partial charge on any atom is 0.328 e. The van der Waals surface area contributed by atoms with E-state index in [0.29, 0.717) is 66.6 Å². The zero-order chi connectivity index (χ0) is 42.5. The number of hydrogen-bond donors (Lipinski definition) is 3. The SMILES string of the molecule is C[C@@H]1CO[C@H](c2ccc(C(=O)N3CCC(CN4CCC(n5cc(C6CC6)c6cc(N7CCC(=O)NC7=O)cnc65)CC4)CC3)cc2)CN1c1cc(-c2ccccc2O)nnc1N. The summed E-state index contributed by atoms with van der Waals surface area (Å²) in [5.74, 6) is 1.38. The predicted octanol–water partition coefficient (Wildman–Crippen LogP) is 6.26. The summed E-state index contributed by atoms with van der Waals surface area (Å²) in [7, 11) is 0. The number of aromatic nitrogens is 4. The van der Waals surface area contributed by atoms with E-state index in [4.69, 9.17) is 15.5 Å². The van der Waals surface area contributed by atoms with Crippen LogP contribution in [0, 0.1) is 5.92 Å². The number of nitrogens with zero attached hydrogens (tertiary/aromatic N) is 8. The van der Waals surface area contributed by atoms with E-state index in [-0.39, 0.29) is 35.7 Å². The molecule has 2 atom stereocenters. The first-order valence-corrected chi connectivity index (χ1v) is 22.2. The number of aromatic hydroxyl groups is 1. The second-order valence-electron chi connectivity index (χ2n) is 17.8. The van der Waals surface area contributed by atoms with Gasteiger partial charge in [0.25, 0.3) is 5.91 Å². The number of nitrogens with two attached hydrogens (primary N) is 1. The Kier molecular flexibility index (Phi) is 10.8. The first kappa shape index (κ1) is 40.0. The van der Waals surface area contributed by atoms with Crippen molar-refractivity contribution in [2.75, 3.05) is 68.0 Å². The smallest absolute Gasteiger partial charge is 0.328 e. The van der Waals surface area contributed by atoms with Crippen molar-refractivity contribution < 1.29 is 24.2 Å². The molecule has 4 aliphatic heterocycles. The van der Waals surface area contributed by atoms with Gasteiger partial charge in [-0.1, -0.05) is 24.3 Å². The molecule has 5 aromatic rings. The highest BCUT2D eigenvalue weighted by molar-refractivity contribution is 6.06. The van der Waals surface area contributed by atoms with Gasteiger partial charge in [-0.3, -0.25) is 19.8 Å². The molecule has 2 aromatic carbocycles. The largest absolute Gasteiger partial charge is 0.507 e. The summed E-state index contributed by atoms with van der Waals surface area (Å²) in [5.41, 5.74) is 13.0. The Hall–Kier alpha value is -6.06. The average molecular weight is 839 g/mol. The zero-order valence-electron chi connectivity index (χ0n) is 35.2. The lowest BCUT2D eigenvalue weighted by Gasteiger charge is -2.40. The van der Waals surface area contributed by atoms with Gasteiger partial charge in [0, 0.05) is 87.0 Å². The number of carbonyl (C=O) groups is 3. The van der Waals surface area contributed by atoms with Crippen LogP contribution in [-0.4, -0.2) is 111 Å². The zero-order valence-corrected chi connectivity index (χ0v) is 35.2. The standard InChI is InChI=1S/C47H54N10O5/c1-29-28-62-42(27-56(29)40-23-39(51-52-44(40)48)36-4-2-3-5-41(36)58)32-8-10-33(11-9-32)46(60)54-19-12-30(13-20-54)25-53-17-14-34(15-18-53)57-26-38(31-6-7-31)37-22-35(24-49-45(37)57)55-21-16-43(59)50-47(55)61/h2-5,8-11,22-24,26,29-31,34,42,58H,6-7,12-21,25,27-28H2,1H3,(H2,48,52)(H,50,59,61)/t29-,42+/m1/s1. The van der Waals surface area contributed by atoms with Crippen LogP contribution in [0.15, 0.2) is 73.1 Å². The predicted molar refractivity (Wildman–Crippen MR) is 236 cm³/mol. The monoisotopic (exact) mass is 838 g/mol. The Morgan fingerprint density at radius 1 is 0.935 bits per heavy atom. The number of phenolic OH excluding ortho intramolecular Hbond substituents is 1. The van der Waals surface area contributed by atoms with E-state index in [1.807, 2.05) is 41.3 Å². The van der Waals surface area contributed by atoms with Crippen LogP contribution in [0.25, 0.3) is 22.3 Å². The fourth-order valence-corrected chi connectivity index (χ4v) is 9.93. The molecule has 62 heavy (non-hydrogen) atoms. The molecule has 5 fully saturated rings. The van der Waals surface area contributed by atoms with Crippen molar-refractivity contribution in [3.8, 4) is 17.0 Å². The summed E-state index contributed by atoms with van der Waals surface area (Å²) in [4.78, 5) is 51.3. The van der Waals surface area contributed by atoms with Crippen molar-refractivity contribution in [3.63, 3.8) is 0 Å². The minimum absolute atomic E-state index is 0.0397. The van der Waals surface area contributed by atoms with E-state index >= 15 is 0 Å². The van der Waals surface area contributed by atoms with E-state index in [0.717, 1.165) is 86.4 Å². The van der Waals surface area contributed by atoms with Crippen LogP contribution in [-0.2, 0) is 9.53 Å². The van der Waals surface area contributed by atoms with Crippen molar-refractivity contribution in [3.05, 3.63) is 89.7 Å². The molecule has 3 aromatic heterocycles. The molecule has 15 nitrogen and oxygen atoms in total. The fraction of sp³-hybridized carbons (Fsp3) is 0.447. The van der Waals surface area contributed by atoms with Gasteiger partial charge in [0.05, 0.1) is 29.9 Å². The third kappa shape index (κ3) is 7.95. The Bertz CT molecular complexity index is 2490. The topological polar surface area (TPSA) is 175 Å². The van der Waals surface area contributed by atoms with Crippen LogP contribution < -0.4 is 20.9 Å². The summed E-state index contributed by atoms with van der Waals surface area (Å²) >= 11 is 0. The normalized spacial score (nSPS) is 22.0. The number of ether oxygens (including phenoxy) is 1. The van der Waals surface area contributed by atoms with E-state index in [2.05, 4.69) is 49.1 Å². The molecule has 4 amide bonds. The Morgan fingerprint density at radius 2 is 1.71 bits per heavy atom. The number of para-hydroxylation sites is 1. The average Bonchev–Trinajstić information content (AvgIpc) is 4.07. The third-order valence-electron chi connectivity index (χ3n) is 13.7. The number of morpholine rings is 1. The van der Waals surface area contributed by atoms with Gasteiger partial charge >= 0.3 is 6.03 Å². The first-order valence-electron chi connectivity index (χ1n) is 22.2. The van der Waals surface area contributed by atoms with Gasteiger partial charge in [-0.2, -0.15) is 0 Å². The second-order valence-corrected chi connectivity index (χ2v) is 17.8. The number of anilines is 3. The Morgan fingerprint density at radius 3 is 2.45 bits per heavy atom. The number of pyridine rings is 1. The first-order chi connectivity index (χ1) is 30.2. The summed E-state index contributed by atoms with van der Waals surface area (Å²) in [6.07, 6.45) is 10.6. The fourth-order valence-electron chi connectivity index (χ4n) is 9.93. The molecule has 5 aliphatic rings. The van der Waals surface area contributed by atoms with Crippen molar-refractivity contribution in [1.29, 1.82) is 0 Å². The second kappa shape index (κ2) is 16.7. The number of hydrogen-bond acceptors (Lipinski definition) is 11. The van der Waals surface area contributed by atoms with Gasteiger partial charge in [-0.25, -0.2) is 9.78 Å². The van der Waals surface area contributed by atoms with Crippen LogP contribution in [0.1, 0.15) is 91.4 Å². The van der Waals surface area contributed by atoms with Crippen LogP contribution in [0.3, 0.4) is 0 Å². The summed E-state index contributed by atoms with van der Waals surface area (Å²) in [6.45, 7) is 8.12. The molecule has 322 valence electrons. The number of rotatable bonds is 9. The number of nitrogens with one attached hydrogen (secondary N) is 1. The lowest BCUT2D eigenvalue weighted by atomic mass is 9.94. The maximum absolute atomic E-state index is 13.7. The molecule has 10 rings (SSSR count). The lowest BCUT2D eigenvalue weighted by molar-refractivity contribution is -0.120. The van der Waals surface area contributed by atoms with Gasteiger partial charge in [-0.15, -0.1) is 10.2 Å². The van der Waals surface area contributed by atoms with E-state index in [1.54, 1.807) is 29.3 Å². The summed E-state index contributed by atoms with van der Waals surface area (Å²) in [6, 6.07) is 18.9. The number of imide groups is 1. The molecule has 4 N–H and O–H groups in total. The number of fused-ring (bicyclic) bond motifs is 1. The van der Waals surface area contributed by atoms with Gasteiger partial charge in [-0.05, 0) is 105 Å². The highest BCUT2D eigenvalue weighted by atomic mass is 16.5. The molecule has 0 bridgehead atoms. The van der Waals surface area contributed by atoms with Gasteiger partial charge in [0.15, 0.2) is 5.82 Å². The molecule has 15 heteroatoms. The highest BCUT2D eigenvalue weighted by Crippen LogP contribution is 2.45. The number of phenols is 1. The number of likely N-dealkylation sites (tertiary alicyclic amines) is 2. The van der Waals surface area contributed by atoms with Crippen molar-refractivity contribution in [2.45, 2.75) is 76.0 Å². The Balaban J connectivity index is 0.719. The van der Waals surface area contributed by atoms with E-state index in [1.165, 1.54) is 18.4 Å². The van der Waals surface area contributed by atoms with Crippen LogP contribution in [0.2, 0.25) is 0 Å². The molecular formula is C47H54N10O5. The minimum atomic E-state index is -0.381. The minimum Gasteiger partial charge on any atom is -0.507 e. The quantitative estimate of drug-likeness (QED) is 0.153. The molecule has 0 radical (unpaired) electrons. The van der Waals surface area contributed by atoms with Crippen molar-refractivity contribution in [1.82, 2.24) is 34.9 Å². The number of benzene rings is 2. The lowest BCUT2D eigenvalue weighted by Crippen LogP contribution is -2.49. The third-order valence-corrected chi connectivity index (χ3v) is 13.7. The van der Waals surface area contributed by atoms with E-state index < -0.39 is 0 Å². The van der Waals surface area contributed by atoms with Crippen molar-refractivity contribution in [2.24, 2.45) is 5.92 Å². The highest BCUT2D eigenvalue weighted by Gasteiger charge is 2.34.